The van der Waals surface area contributed by atoms with Gasteiger partial charge in [-0.3, -0.25) is 24.5 Å². The summed E-state index contributed by atoms with van der Waals surface area (Å²) < 4.78 is 5.50. The molecule has 1 aromatic heterocycles. The molecule has 2 aliphatic rings. The molecule has 168 valence electrons. The highest BCUT2D eigenvalue weighted by Crippen LogP contribution is 2.30. The van der Waals surface area contributed by atoms with E-state index < -0.39 is 11.9 Å². The number of piperidine rings is 1. The van der Waals surface area contributed by atoms with Crippen LogP contribution in [0, 0.1) is 0 Å². The second-order valence-electron chi connectivity index (χ2n) is 8.09. The first-order valence-electron chi connectivity index (χ1n) is 10.8. The number of hydrogen-bond acceptors (Lipinski definition) is 5. The fraction of sp³-hybridized carbons (Fsp3) is 0.250. The molecule has 3 N–H and O–H groups in total. The van der Waals surface area contributed by atoms with Crippen LogP contribution in [0.15, 0.2) is 42.5 Å². The first-order valence-corrected chi connectivity index (χ1v) is 10.8. The molecule has 1 fully saturated rings. The molecule has 1 saturated heterocycles. The molecule has 33 heavy (non-hydrogen) atoms. The second-order valence-corrected chi connectivity index (χ2v) is 8.09. The van der Waals surface area contributed by atoms with Crippen molar-refractivity contribution in [2.75, 3.05) is 11.9 Å². The Morgan fingerprint density at radius 3 is 2.79 bits per heavy atom. The number of nitrogens with one attached hydrogen (secondary N) is 3. The Labute approximate surface area is 189 Å². The highest BCUT2D eigenvalue weighted by atomic mass is 16.5. The summed E-state index contributed by atoms with van der Waals surface area (Å²) in [5, 5.41) is 6.04. The predicted molar refractivity (Wildman–Crippen MR) is 120 cm³/mol. The third-order valence-corrected chi connectivity index (χ3v) is 5.93. The van der Waals surface area contributed by atoms with E-state index in [-0.39, 0.29) is 30.7 Å². The van der Waals surface area contributed by atoms with Crippen LogP contribution in [-0.4, -0.2) is 46.2 Å². The van der Waals surface area contributed by atoms with E-state index in [9.17, 15) is 19.2 Å². The van der Waals surface area contributed by atoms with Crippen molar-refractivity contribution in [3.05, 3.63) is 59.3 Å². The number of imide groups is 1. The van der Waals surface area contributed by atoms with Crippen molar-refractivity contribution in [3.8, 4) is 5.75 Å². The number of H-pyrrole nitrogens is 1. The maximum atomic E-state index is 12.8. The zero-order valence-corrected chi connectivity index (χ0v) is 17.9. The van der Waals surface area contributed by atoms with E-state index in [4.69, 9.17) is 4.74 Å². The molecule has 0 saturated carbocycles. The number of aromatic nitrogens is 1. The Morgan fingerprint density at radius 2 is 2.00 bits per heavy atom. The molecule has 0 bridgehead atoms. The molecule has 0 aliphatic carbocycles. The molecule has 3 heterocycles. The summed E-state index contributed by atoms with van der Waals surface area (Å²) in [4.78, 5) is 53.8. The molecule has 3 aromatic rings. The fourth-order valence-corrected chi connectivity index (χ4v) is 4.34. The van der Waals surface area contributed by atoms with Crippen LogP contribution in [0.5, 0.6) is 5.75 Å². The number of aromatic amines is 1. The monoisotopic (exact) mass is 446 g/mol. The quantitative estimate of drug-likeness (QED) is 0.520. The molecule has 0 spiro atoms. The Balaban J connectivity index is 1.32. The summed E-state index contributed by atoms with van der Waals surface area (Å²) in [5.74, 6) is -0.611. The molecule has 9 nitrogen and oxygen atoms in total. The van der Waals surface area contributed by atoms with E-state index in [1.165, 1.54) is 4.90 Å². The van der Waals surface area contributed by atoms with Gasteiger partial charge in [0, 0.05) is 41.2 Å². The van der Waals surface area contributed by atoms with E-state index in [1.807, 2.05) is 25.1 Å². The van der Waals surface area contributed by atoms with Crippen molar-refractivity contribution in [2.24, 2.45) is 0 Å². The summed E-state index contributed by atoms with van der Waals surface area (Å²) in [6.07, 6.45) is 0.508. The Bertz CT molecular complexity index is 1310. The number of nitrogens with zero attached hydrogens (tertiary/aromatic N) is 1. The Kier molecular flexibility index (Phi) is 5.08. The average Bonchev–Trinajstić information content (AvgIpc) is 3.35. The summed E-state index contributed by atoms with van der Waals surface area (Å²) in [6.45, 7) is 2.71. The van der Waals surface area contributed by atoms with Crippen molar-refractivity contribution < 1.29 is 23.9 Å². The first kappa shape index (κ1) is 20.7. The van der Waals surface area contributed by atoms with Crippen LogP contribution in [0.3, 0.4) is 0 Å². The van der Waals surface area contributed by atoms with Crippen molar-refractivity contribution in [2.45, 2.75) is 32.4 Å². The number of carbonyl (C=O) groups is 4. The molecule has 0 radical (unpaired) electrons. The average molecular weight is 446 g/mol. The van der Waals surface area contributed by atoms with Crippen LogP contribution in [0.25, 0.3) is 10.9 Å². The van der Waals surface area contributed by atoms with Crippen molar-refractivity contribution in [1.82, 2.24) is 15.2 Å². The maximum Gasteiger partial charge on any atom is 0.272 e. The maximum absolute atomic E-state index is 12.8. The normalized spacial score (nSPS) is 17.8. The SMILES string of the molecule is CCOc1ccc2cc(C(=O)Nc3ccc4c(c3)CN(C3CCC(=O)NC3=O)C4=O)[nH]c2c1. The molecular weight excluding hydrogens is 424 g/mol. The van der Waals surface area contributed by atoms with Crippen LogP contribution >= 0.6 is 0 Å². The lowest BCUT2D eigenvalue weighted by molar-refractivity contribution is -0.136. The Morgan fingerprint density at radius 1 is 1.15 bits per heavy atom. The van der Waals surface area contributed by atoms with Gasteiger partial charge in [0.15, 0.2) is 0 Å². The largest absolute Gasteiger partial charge is 0.494 e. The number of benzene rings is 2. The van der Waals surface area contributed by atoms with E-state index in [0.29, 0.717) is 30.0 Å². The first-order chi connectivity index (χ1) is 15.9. The summed E-state index contributed by atoms with van der Waals surface area (Å²) >= 11 is 0. The number of amides is 4. The van der Waals surface area contributed by atoms with Gasteiger partial charge in [0.05, 0.1) is 6.61 Å². The van der Waals surface area contributed by atoms with Crippen molar-refractivity contribution in [1.29, 1.82) is 0 Å². The molecule has 5 rings (SSSR count). The lowest BCUT2D eigenvalue weighted by atomic mass is 10.0. The van der Waals surface area contributed by atoms with E-state index in [1.54, 1.807) is 24.3 Å². The van der Waals surface area contributed by atoms with Crippen LogP contribution < -0.4 is 15.4 Å². The van der Waals surface area contributed by atoms with Gasteiger partial charge >= 0.3 is 0 Å². The summed E-state index contributed by atoms with van der Waals surface area (Å²) in [6, 6.07) is 11.7. The fourth-order valence-electron chi connectivity index (χ4n) is 4.34. The number of fused-ring (bicyclic) bond motifs is 2. The highest BCUT2D eigenvalue weighted by Gasteiger charge is 2.39. The van der Waals surface area contributed by atoms with Gasteiger partial charge in [0.2, 0.25) is 11.8 Å². The van der Waals surface area contributed by atoms with Gasteiger partial charge in [0.25, 0.3) is 11.8 Å². The zero-order chi connectivity index (χ0) is 23.1. The molecule has 2 aliphatic heterocycles. The second kappa shape index (κ2) is 8.09. The van der Waals surface area contributed by atoms with Crippen LogP contribution in [0.1, 0.15) is 46.2 Å². The molecule has 1 unspecified atom stereocenters. The van der Waals surface area contributed by atoms with Crippen molar-refractivity contribution >= 4 is 40.2 Å². The van der Waals surface area contributed by atoms with E-state index in [2.05, 4.69) is 15.6 Å². The summed E-state index contributed by atoms with van der Waals surface area (Å²) in [7, 11) is 0. The van der Waals surface area contributed by atoms with Gasteiger partial charge < -0.3 is 19.9 Å². The van der Waals surface area contributed by atoms with Gasteiger partial charge in [0.1, 0.15) is 17.5 Å². The predicted octanol–water partition coefficient (Wildman–Crippen LogP) is 2.58. The van der Waals surface area contributed by atoms with Crippen LogP contribution in [-0.2, 0) is 16.1 Å². The highest BCUT2D eigenvalue weighted by molar-refractivity contribution is 6.08. The standard InChI is InChI=1S/C24H22N4O5/c1-2-33-16-5-3-13-10-19(26-18(13)11-16)22(30)25-15-4-6-17-14(9-15)12-28(24(17)32)20-7-8-21(29)27-23(20)31/h3-6,9-11,20,26H,2,7-8,12H2,1H3,(H,25,30)(H,27,29,31). The molecular formula is C24H22N4O5. The minimum atomic E-state index is -0.673. The van der Waals surface area contributed by atoms with Gasteiger partial charge in [-0.05, 0) is 55.3 Å². The third kappa shape index (κ3) is 3.82. The minimum Gasteiger partial charge on any atom is -0.494 e. The molecule has 4 amide bonds. The van der Waals surface area contributed by atoms with Crippen molar-refractivity contribution in [3.63, 3.8) is 0 Å². The van der Waals surface area contributed by atoms with Gasteiger partial charge in [-0.25, -0.2) is 0 Å². The van der Waals surface area contributed by atoms with Gasteiger partial charge in [-0.2, -0.15) is 0 Å². The minimum absolute atomic E-state index is 0.203. The number of rotatable bonds is 5. The van der Waals surface area contributed by atoms with E-state index in [0.717, 1.165) is 22.2 Å². The van der Waals surface area contributed by atoms with Crippen LogP contribution in [0.2, 0.25) is 0 Å². The lowest BCUT2D eigenvalue weighted by Crippen LogP contribution is -2.52. The summed E-state index contributed by atoms with van der Waals surface area (Å²) in [5.41, 5.74) is 2.96. The Hall–Kier alpha value is -4.14. The molecule has 1 atom stereocenters. The number of anilines is 1. The van der Waals surface area contributed by atoms with Gasteiger partial charge in [-0.1, -0.05) is 0 Å². The number of ether oxygens (including phenoxy) is 1. The lowest BCUT2D eigenvalue weighted by Gasteiger charge is -2.29. The third-order valence-electron chi connectivity index (χ3n) is 5.93. The number of hydrogen-bond donors (Lipinski definition) is 3. The topological polar surface area (TPSA) is 121 Å². The smallest absolute Gasteiger partial charge is 0.272 e. The molecule has 2 aromatic carbocycles. The zero-order valence-electron chi connectivity index (χ0n) is 17.9. The van der Waals surface area contributed by atoms with E-state index >= 15 is 0 Å². The molecule has 9 heteroatoms. The van der Waals surface area contributed by atoms with Gasteiger partial charge in [-0.15, -0.1) is 0 Å². The van der Waals surface area contributed by atoms with Crippen LogP contribution in [0.4, 0.5) is 5.69 Å². The number of carbonyl (C=O) groups excluding carboxylic acids is 4.